The molecule has 1 aromatic rings. The molecule has 0 aromatic heterocycles. The lowest BCUT2D eigenvalue weighted by Gasteiger charge is -2.22. The molecule has 0 aliphatic heterocycles. The van der Waals surface area contributed by atoms with Crippen molar-refractivity contribution in [1.29, 1.82) is 0 Å². The summed E-state index contributed by atoms with van der Waals surface area (Å²) in [5.74, 6) is -0.133. The summed E-state index contributed by atoms with van der Waals surface area (Å²) in [6.45, 7) is 5.64. The van der Waals surface area contributed by atoms with Crippen LogP contribution >= 0.6 is 0 Å². The lowest BCUT2D eigenvalue weighted by Crippen LogP contribution is -2.47. The van der Waals surface area contributed by atoms with Gasteiger partial charge in [0.1, 0.15) is 0 Å². The minimum Gasteiger partial charge on any atom is -0.450 e. The van der Waals surface area contributed by atoms with Crippen LogP contribution in [0.4, 0.5) is 16.2 Å². The summed E-state index contributed by atoms with van der Waals surface area (Å²) in [7, 11) is 1.73. The fourth-order valence-corrected chi connectivity index (χ4v) is 1.32. The number of anilines is 2. The number of rotatable bonds is 5. The van der Waals surface area contributed by atoms with Crippen LogP contribution in [0.3, 0.4) is 0 Å². The molecule has 2 amide bonds. The summed E-state index contributed by atoms with van der Waals surface area (Å²) in [6, 6.07) is 6.81. The largest absolute Gasteiger partial charge is 0.450 e. The monoisotopic (exact) mass is 279 g/mol. The molecule has 20 heavy (non-hydrogen) atoms. The lowest BCUT2D eigenvalue weighted by atomic mass is 10.1. The van der Waals surface area contributed by atoms with Crippen molar-refractivity contribution in [2.24, 2.45) is 0 Å². The maximum Gasteiger partial charge on any atom is 0.411 e. The zero-order valence-electron chi connectivity index (χ0n) is 12.2. The molecule has 6 heteroatoms. The van der Waals surface area contributed by atoms with E-state index in [0.29, 0.717) is 18.0 Å². The van der Waals surface area contributed by atoms with E-state index in [0.717, 1.165) is 0 Å². The SMILES string of the molecule is CCOC(=O)Nc1ccc(NC(=O)C(C)(C)NC)cc1. The van der Waals surface area contributed by atoms with Crippen LogP contribution in [-0.2, 0) is 9.53 Å². The van der Waals surface area contributed by atoms with Gasteiger partial charge in [0.25, 0.3) is 0 Å². The topological polar surface area (TPSA) is 79.5 Å². The number of hydrogen-bond acceptors (Lipinski definition) is 4. The molecule has 0 saturated heterocycles. The Hall–Kier alpha value is -2.08. The van der Waals surface area contributed by atoms with Crippen molar-refractivity contribution in [3.63, 3.8) is 0 Å². The van der Waals surface area contributed by atoms with E-state index in [4.69, 9.17) is 4.74 Å². The van der Waals surface area contributed by atoms with Gasteiger partial charge >= 0.3 is 6.09 Å². The molecule has 0 saturated carbocycles. The molecule has 0 fully saturated rings. The molecule has 0 aliphatic carbocycles. The quantitative estimate of drug-likeness (QED) is 0.772. The summed E-state index contributed by atoms with van der Waals surface area (Å²) < 4.78 is 4.77. The second-order valence-corrected chi connectivity index (χ2v) is 4.75. The summed E-state index contributed by atoms with van der Waals surface area (Å²) in [5, 5.41) is 8.30. The summed E-state index contributed by atoms with van der Waals surface area (Å²) in [4.78, 5) is 23.2. The molecule has 0 radical (unpaired) electrons. The zero-order valence-corrected chi connectivity index (χ0v) is 12.2. The molecule has 0 heterocycles. The van der Waals surface area contributed by atoms with Crippen molar-refractivity contribution in [3.05, 3.63) is 24.3 Å². The van der Waals surface area contributed by atoms with Crippen molar-refractivity contribution < 1.29 is 14.3 Å². The van der Waals surface area contributed by atoms with Gasteiger partial charge in [-0.3, -0.25) is 10.1 Å². The number of carbonyl (C=O) groups is 2. The third kappa shape index (κ3) is 4.55. The third-order valence-corrected chi connectivity index (χ3v) is 2.86. The number of ether oxygens (including phenoxy) is 1. The minimum atomic E-state index is -0.651. The second kappa shape index (κ2) is 6.91. The number of carbonyl (C=O) groups excluding carboxylic acids is 2. The summed E-state index contributed by atoms with van der Waals surface area (Å²) in [6.07, 6.45) is -0.499. The van der Waals surface area contributed by atoms with Crippen molar-refractivity contribution in [3.8, 4) is 0 Å². The van der Waals surface area contributed by atoms with E-state index in [1.165, 1.54) is 0 Å². The molecule has 6 nitrogen and oxygen atoms in total. The Morgan fingerprint density at radius 1 is 1.10 bits per heavy atom. The summed E-state index contributed by atoms with van der Waals surface area (Å²) in [5.41, 5.74) is 0.615. The van der Waals surface area contributed by atoms with Gasteiger partial charge in [0.2, 0.25) is 5.91 Å². The van der Waals surface area contributed by atoms with E-state index in [1.54, 1.807) is 52.1 Å². The highest BCUT2D eigenvalue weighted by atomic mass is 16.5. The molecule has 1 aromatic carbocycles. The highest BCUT2D eigenvalue weighted by Gasteiger charge is 2.24. The molecular weight excluding hydrogens is 258 g/mol. The van der Waals surface area contributed by atoms with Crippen molar-refractivity contribution in [1.82, 2.24) is 5.32 Å². The van der Waals surface area contributed by atoms with Crippen LogP contribution in [0.2, 0.25) is 0 Å². The Labute approximate surface area is 118 Å². The Balaban J connectivity index is 2.63. The Kier molecular flexibility index (Phi) is 5.52. The van der Waals surface area contributed by atoms with Crippen LogP contribution in [0.5, 0.6) is 0 Å². The first-order valence-electron chi connectivity index (χ1n) is 6.43. The molecule has 0 atom stereocenters. The first-order chi connectivity index (χ1) is 9.39. The number of hydrogen-bond donors (Lipinski definition) is 3. The van der Waals surface area contributed by atoms with Crippen LogP contribution in [0.1, 0.15) is 20.8 Å². The fourth-order valence-electron chi connectivity index (χ4n) is 1.32. The molecule has 1 rings (SSSR count). The van der Waals surface area contributed by atoms with Gasteiger partial charge in [0, 0.05) is 11.4 Å². The van der Waals surface area contributed by atoms with Gasteiger partial charge in [0.05, 0.1) is 12.1 Å². The average molecular weight is 279 g/mol. The molecule has 0 aliphatic rings. The van der Waals surface area contributed by atoms with Crippen LogP contribution in [0.15, 0.2) is 24.3 Å². The highest BCUT2D eigenvalue weighted by molar-refractivity contribution is 5.97. The summed E-state index contributed by atoms with van der Waals surface area (Å²) >= 11 is 0. The maximum absolute atomic E-state index is 11.9. The zero-order chi connectivity index (χ0) is 15.2. The Bertz CT molecular complexity index is 469. The van der Waals surface area contributed by atoms with Crippen LogP contribution in [-0.4, -0.2) is 31.2 Å². The molecule has 0 spiro atoms. The minimum absolute atomic E-state index is 0.133. The van der Waals surface area contributed by atoms with E-state index in [9.17, 15) is 9.59 Å². The molecule has 3 N–H and O–H groups in total. The van der Waals surface area contributed by atoms with Crippen molar-refractivity contribution in [2.75, 3.05) is 24.3 Å². The molecule has 110 valence electrons. The molecule has 0 bridgehead atoms. The first-order valence-corrected chi connectivity index (χ1v) is 6.43. The van der Waals surface area contributed by atoms with Crippen LogP contribution < -0.4 is 16.0 Å². The Morgan fingerprint density at radius 3 is 2.05 bits per heavy atom. The Morgan fingerprint density at radius 2 is 1.60 bits per heavy atom. The van der Waals surface area contributed by atoms with Gasteiger partial charge in [-0.1, -0.05) is 0 Å². The fraction of sp³-hybridized carbons (Fsp3) is 0.429. The van der Waals surface area contributed by atoms with Gasteiger partial charge in [0.15, 0.2) is 0 Å². The van der Waals surface area contributed by atoms with Gasteiger partial charge in [-0.2, -0.15) is 0 Å². The number of likely N-dealkylation sites (N-methyl/N-ethyl adjacent to an activating group) is 1. The molecular formula is C14H21N3O3. The molecule has 0 unspecified atom stereocenters. The van der Waals surface area contributed by atoms with E-state index in [1.807, 2.05) is 0 Å². The third-order valence-electron chi connectivity index (χ3n) is 2.86. The van der Waals surface area contributed by atoms with Gasteiger partial charge in [-0.15, -0.1) is 0 Å². The number of nitrogens with one attached hydrogen (secondary N) is 3. The predicted molar refractivity (Wildman–Crippen MR) is 78.9 cm³/mol. The van der Waals surface area contributed by atoms with Crippen molar-refractivity contribution >= 4 is 23.4 Å². The van der Waals surface area contributed by atoms with Crippen LogP contribution in [0, 0.1) is 0 Å². The first kappa shape index (κ1) is 16.0. The smallest absolute Gasteiger partial charge is 0.411 e. The van der Waals surface area contributed by atoms with Gasteiger partial charge < -0.3 is 15.4 Å². The predicted octanol–water partition coefficient (Wildman–Crippen LogP) is 2.19. The number of amides is 2. The maximum atomic E-state index is 11.9. The van der Waals surface area contributed by atoms with E-state index >= 15 is 0 Å². The van der Waals surface area contributed by atoms with E-state index in [2.05, 4.69) is 16.0 Å². The van der Waals surface area contributed by atoms with E-state index in [-0.39, 0.29) is 5.91 Å². The average Bonchev–Trinajstić information content (AvgIpc) is 2.41. The normalized spacial score (nSPS) is 10.8. The van der Waals surface area contributed by atoms with Crippen LogP contribution in [0.25, 0.3) is 0 Å². The number of benzene rings is 1. The van der Waals surface area contributed by atoms with Gasteiger partial charge in [-0.25, -0.2) is 4.79 Å². The van der Waals surface area contributed by atoms with Gasteiger partial charge in [-0.05, 0) is 52.1 Å². The lowest BCUT2D eigenvalue weighted by molar-refractivity contribution is -0.121. The standard InChI is InChI=1S/C14H21N3O3/c1-5-20-13(19)17-11-8-6-10(7-9-11)16-12(18)14(2,3)15-4/h6-9,15H,5H2,1-4H3,(H,16,18)(H,17,19). The van der Waals surface area contributed by atoms with Crippen molar-refractivity contribution in [2.45, 2.75) is 26.3 Å². The highest BCUT2D eigenvalue weighted by Crippen LogP contribution is 2.15. The second-order valence-electron chi connectivity index (χ2n) is 4.75. The van der Waals surface area contributed by atoms with E-state index < -0.39 is 11.6 Å².